The Bertz CT molecular complexity index is 990. The second-order valence-corrected chi connectivity index (χ2v) is 7.70. The average Bonchev–Trinajstić information content (AvgIpc) is 3.04. The molecule has 1 heterocycles. The van der Waals surface area contributed by atoms with Gasteiger partial charge in [-0.05, 0) is 55.2 Å². The van der Waals surface area contributed by atoms with Crippen LogP contribution in [0.4, 0.5) is 0 Å². The number of carbonyl (C=O) groups excluding carboxylic acids is 1. The molecule has 0 bridgehead atoms. The molecule has 0 radical (unpaired) electrons. The number of H-pyrrole nitrogens is 1. The molecule has 140 valence electrons. The van der Waals surface area contributed by atoms with Gasteiger partial charge in [0.1, 0.15) is 11.5 Å². The fraction of sp³-hybridized carbons (Fsp3) is 0.286. The molecule has 0 saturated carbocycles. The van der Waals surface area contributed by atoms with Crippen LogP contribution in [0.1, 0.15) is 28.0 Å². The Labute approximate surface area is 166 Å². The minimum Gasteiger partial charge on any atom is -0.497 e. The van der Waals surface area contributed by atoms with Crippen LogP contribution in [-0.4, -0.2) is 31.2 Å². The molecule has 27 heavy (non-hydrogen) atoms. The number of ether oxygens (including phenoxy) is 2. The summed E-state index contributed by atoms with van der Waals surface area (Å²) in [6.07, 6.45) is 2.65. The van der Waals surface area contributed by atoms with Gasteiger partial charge in [0.25, 0.3) is 5.91 Å². The van der Waals surface area contributed by atoms with Crippen LogP contribution in [0.5, 0.6) is 11.5 Å². The smallest absolute Gasteiger partial charge is 0.251 e. The largest absolute Gasteiger partial charge is 0.497 e. The summed E-state index contributed by atoms with van der Waals surface area (Å²) in [6, 6.07) is 11.6. The van der Waals surface area contributed by atoms with Crippen LogP contribution in [0, 0.1) is 0 Å². The first kappa shape index (κ1) is 17.9. The van der Waals surface area contributed by atoms with Crippen LogP contribution in [0.15, 0.2) is 40.9 Å². The zero-order valence-electron chi connectivity index (χ0n) is 15.3. The van der Waals surface area contributed by atoms with E-state index >= 15 is 0 Å². The van der Waals surface area contributed by atoms with Crippen LogP contribution in [0.25, 0.3) is 10.9 Å². The molecule has 1 aliphatic carbocycles. The van der Waals surface area contributed by atoms with Crippen molar-refractivity contribution < 1.29 is 14.3 Å². The van der Waals surface area contributed by atoms with Gasteiger partial charge in [0.15, 0.2) is 0 Å². The van der Waals surface area contributed by atoms with Crippen LogP contribution in [-0.2, 0) is 12.8 Å². The molecular weight excluding hydrogens is 408 g/mol. The van der Waals surface area contributed by atoms with Gasteiger partial charge in [0, 0.05) is 38.7 Å². The Morgan fingerprint density at radius 1 is 1.15 bits per heavy atom. The first-order valence-electron chi connectivity index (χ1n) is 8.90. The van der Waals surface area contributed by atoms with E-state index in [-0.39, 0.29) is 11.9 Å². The molecule has 3 aromatic rings. The van der Waals surface area contributed by atoms with Gasteiger partial charge in [-0.25, -0.2) is 0 Å². The number of aromatic nitrogens is 1. The minimum atomic E-state index is -0.110. The normalized spacial score (nSPS) is 16.0. The number of hydrogen-bond donors (Lipinski definition) is 2. The lowest BCUT2D eigenvalue weighted by atomic mass is 9.91. The monoisotopic (exact) mass is 428 g/mol. The zero-order chi connectivity index (χ0) is 19.0. The standard InChI is InChI=1S/C21H21BrN2O3/c1-26-15-7-12(8-16(11-15)27-2)21(25)23-14-4-6-20-18(10-14)17-9-13(22)3-5-19(17)24-20/h3,5,7-9,11,14,24H,4,6,10H2,1-2H3,(H,23,25)/t14-/m0/s1. The number of hydrogen-bond acceptors (Lipinski definition) is 3. The van der Waals surface area contributed by atoms with Gasteiger partial charge in [-0.15, -0.1) is 0 Å². The number of rotatable bonds is 4. The van der Waals surface area contributed by atoms with E-state index in [1.165, 1.54) is 16.6 Å². The number of carbonyl (C=O) groups is 1. The molecule has 2 aromatic carbocycles. The Morgan fingerprint density at radius 2 is 1.89 bits per heavy atom. The van der Waals surface area contributed by atoms with Crippen LogP contribution >= 0.6 is 15.9 Å². The number of aryl methyl sites for hydroxylation is 1. The van der Waals surface area contributed by atoms with Crippen molar-refractivity contribution in [2.24, 2.45) is 0 Å². The quantitative estimate of drug-likeness (QED) is 0.653. The van der Waals surface area contributed by atoms with E-state index in [1.54, 1.807) is 32.4 Å². The molecule has 1 aliphatic rings. The summed E-state index contributed by atoms with van der Waals surface area (Å²) in [4.78, 5) is 16.3. The summed E-state index contributed by atoms with van der Waals surface area (Å²) < 4.78 is 11.6. The summed E-state index contributed by atoms with van der Waals surface area (Å²) in [5.41, 5.74) is 4.26. The third-order valence-electron chi connectivity index (χ3n) is 5.10. The summed E-state index contributed by atoms with van der Waals surface area (Å²) >= 11 is 3.55. The van der Waals surface area contributed by atoms with Crippen LogP contribution in [0.2, 0.25) is 0 Å². The Hall–Kier alpha value is -2.47. The predicted molar refractivity (Wildman–Crippen MR) is 109 cm³/mol. The highest BCUT2D eigenvalue weighted by molar-refractivity contribution is 9.10. The number of benzene rings is 2. The van der Waals surface area contributed by atoms with Crippen molar-refractivity contribution in [3.63, 3.8) is 0 Å². The van der Waals surface area contributed by atoms with Gasteiger partial charge >= 0.3 is 0 Å². The van der Waals surface area contributed by atoms with Crippen molar-refractivity contribution in [3.05, 3.63) is 57.7 Å². The van der Waals surface area contributed by atoms with Crippen molar-refractivity contribution in [2.75, 3.05) is 14.2 Å². The second kappa shape index (κ2) is 7.27. The van der Waals surface area contributed by atoms with Crippen molar-refractivity contribution in [3.8, 4) is 11.5 Å². The number of nitrogens with one attached hydrogen (secondary N) is 2. The van der Waals surface area contributed by atoms with E-state index in [9.17, 15) is 4.79 Å². The third kappa shape index (κ3) is 3.54. The molecule has 6 heteroatoms. The lowest BCUT2D eigenvalue weighted by Gasteiger charge is -2.24. The predicted octanol–water partition coefficient (Wildman–Crippen LogP) is 4.23. The van der Waals surface area contributed by atoms with Gasteiger partial charge < -0.3 is 19.8 Å². The molecule has 0 spiro atoms. The Balaban J connectivity index is 1.55. The molecule has 1 aromatic heterocycles. The summed E-state index contributed by atoms with van der Waals surface area (Å²) in [7, 11) is 3.16. The third-order valence-corrected chi connectivity index (χ3v) is 5.59. The van der Waals surface area contributed by atoms with E-state index in [1.807, 2.05) is 6.07 Å². The molecule has 0 fully saturated rings. The van der Waals surface area contributed by atoms with Gasteiger partial charge in [-0.1, -0.05) is 15.9 Å². The maximum Gasteiger partial charge on any atom is 0.251 e. The molecular formula is C21H21BrN2O3. The molecule has 4 rings (SSSR count). The minimum absolute atomic E-state index is 0.0974. The molecule has 5 nitrogen and oxygen atoms in total. The lowest BCUT2D eigenvalue weighted by molar-refractivity contribution is 0.0933. The Morgan fingerprint density at radius 3 is 2.59 bits per heavy atom. The van der Waals surface area contributed by atoms with Crippen molar-refractivity contribution in [1.29, 1.82) is 0 Å². The van der Waals surface area contributed by atoms with E-state index in [4.69, 9.17) is 9.47 Å². The van der Waals surface area contributed by atoms with Crippen LogP contribution < -0.4 is 14.8 Å². The maximum absolute atomic E-state index is 12.8. The van der Waals surface area contributed by atoms with Gasteiger partial charge in [-0.3, -0.25) is 4.79 Å². The summed E-state index contributed by atoms with van der Waals surface area (Å²) in [5.74, 6) is 1.10. The Kier molecular flexibility index (Phi) is 4.83. The van der Waals surface area contributed by atoms with Crippen molar-refractivity contribution in [2.45, 2.75) is 25.3 Å². The number of amides is 1. The zero-order valence-corrected chi connectivity index (χ0v) is 16.9. The highest BCUT2D eigenvalue weighted by atomic mass is 79.9. The van der Waals surface area contributed by atoms with E-state index in [0.29, 0.717) is 17.1 Å². The fourth-order valence-corrected chi connectivity index (χ4v) is 4.08. The van der Waals surface area contributed by atoms with Crippen LogP contribution in [0.3, 0.4) is 0 Å². The SMILES string of the molecule is COc1cc(OC)cc(C(=O)N[C@H]2CCc3[nH]c4ccc(Br)cc4c3C2)c1. The molecule has 1 atom stereocenters. The lowest BCUT2D eigenvalue weighted by Crippen LogP contribution is -2.38. The molecule has 0 saturated heterocycles. The number of methoxy groups -OCH3 is 2. The van der Waals surface area contributed by atoms with Gasteiger partial charge in [0.2, 0.25) is 0 Å². The second-order valence-electron chi connectivity index (χ2n) is 6.79. The summed E-state index contributed by atoms with van der Waals surface area (Å²) in [5, 5.41) is 4.40. The summed E-state index contributed by atoms with van der Waals surface area (Å²) in [6.45, 7) is 0. The first-order chi connectivity index (χ1) is 13.1. The first-order valence-corrected chi connectivity index (χ1v) is 9.69. The van der Waals surface area contributed by atoms with Crippen molar-refractivity contribution in [1.82, 2.24) is 10.3 Å². The fourth-order valence-electron chi connectivity index (χ4n) is 3.72. The molecule has 1 amide bonds. The van der Waals surface area contributed by atoms with E-state index in [0.717, 1.165) is 29.3 Å². The highest BCUT2D eigenvalue weighted by Crippen LogP contribution is 2.31. The molecule has 0 unspecified atom stereocenters. The maximum atomic E-state index is 12.8. The van der Waals surface area contributed by atoms with E-state index < -0.39 is 0 Å². The number of halogens is 1. The molecule has 0 aliphatic heterocycles. The van der Waals surface area contributed by atoms with Gasteiger partial charge in [-0.2, -0.15) is 0 Å². The average molecular weight is 429 g/mol. The topological polar surface area (TPSA) is 63.4 Å². The number of fused-ring (bicyclic) bond motifs is 3. The van der Waals surface area contributed by atoms with Gasteiger partial charge in [0.05, 0.1) is 14.2 Å². The van der Waals surface area contributed by atoms with Crippen molar-refractivity contribution >= 4 is 32.7 Å². The number of aromatic amines is 1. The van der Waals surface area contributed by atoms with E-state index in [2.05, 4.69) is 38.4 Å². The molecule has 2 N–H and O–H groups in total. The highest BCUT2D eigenvalue weighted by Gasteiger charge is 2.24.